The van der Waals surface area contributed by atoms with Crippen molar-refractivity contribution in [3.8, 4) is 0 Å². The van der Waals surface area contributed by atoms with E-state index in [0.717, 1.165) is 17.6 Å². The Kier molecular flexibility index (Phi) is 5.74. The molecule has 1 fully saturated rings. The molecule has 106 valence electrons. The quantitative estimate of drug-likeness (QED) is 0.489. The van der Waals surface area contributed by atoms with Crippen LogP contribution < -0.4 is 11.3 Å². The maximum atomic E-state index is 5.79. The fourth-order valence-corrected chi connectivity index (χ4v) is 4.26. The van der Waals surface area contributed by atoms with Gasteiger partial charge in [0.05, 0.1) is 0 Å². The lowest BCUT2D eigenvalue weighted by Crippen LogP contribution is -2.44. The summed E-state index contributed by atoms with van der Waals surface area (Å²) in [6, 6.07) is 9.03. The maximum Gasteiger partial charge on any atom is 0.0332 e. The predicted molar refractivity (Wildman–Crippen MR) is 84.1 cm³/mol. The molecular weight excluding hydrogens is 252 g/mol. The van der Waals surface area contributed by atoms with Crippen LogP contribution in [0.2, 0.25) is 0 Å². The summed E-state index contributed by atoms with van der Waals surface area (Å²) in [5, 5.41) is 0. The molecule has 0 radical (unpaired) electrons. The number of hydrazine groups is 1. The lowest BCUT2D eigenvalue weighted by Gasteiger charge is -2.32. The van der Waals surface area contributed by atoms with Gasteiger partial charge in [0.15, 0.2) is 0 Å². The van der Waals surface area contributed by atoms with E-state index in [4.69, 9.17) is 5.84 Å². The van der Waals surface area contributed by atoms with E-state index in [2.05, 4.69) is 43.5 Å². The molecule has 0 heterocycles. The van der Waals surface area contributed by atoms with Crippen LogP contribution in [0.4, 0.5) is 0 Å². The number of aryl methyl sites for hydroxylation is 1. The third-order valence-corrected chi connectivity index (χ3v) is 5.57. The van der Waals surface area contributed by atoms with Crippen molar-refractivity contribution < 1.29 is 0 Å². The van der Waals surface area contributed by atoms with E-state index in [1.807, 2.05) is 11.8 Å². The highest BCUT2D eigenvalue weighted by Crippen LogP contribution is 2.33. The summed E-state index contributed by atoms with van der Waals surface area (Å²) >= 11 is 1.93. The standard InChI is InChI=1S/C16H26N2S/c1-12-6-5-8-14(10-12)15(18-17)11-19-16-9-4-3-7-13(16)2/h3-4,7,9,12,14-15,18H,5-6,8,10-11,17H2,1-2H3. The molecule has 1 aromatic carbocycles. The van der Waals surface area contributed by atoms with Crippen LogP contribution in [-0.2, 0) is 0 Å². The summed E-state index contributed by atoms with van der Waals surface area (Å²) in [6.45, 7) is 4.55. The Bertz CT molecular complexity index is 394. The molecule has 1 aromatic rings. The van der Waals surface area contributed by atoms with Gasteiger partial charge in [0.1, 0.15) is 0 Å². The average Bonchev–Trinajstić information content (AvgIpc) is 2.41. The van der Waals surface area contributed by atoms with Crippen molar-refractivity contribution >= 4 is 11.8 Å². The first-order valence-corrected chi connectivity index (χ1v) is 8.34. The zero-order chi connectivity index (χ0) is 13.7. The minimum atomic E-state index is 0.437. The molecule has 3 atom stereocenters. The zero-order valence-electron chi connectivity index (χ0n) is 12.1. The molecule has 3 unspecified atom stereocenters. The summed E-state index contributed by atoms with van der Waals surface area (Å²) in [6.07, 6.45) is 5.40. The number of nitrogens with two attached hydrogens (primary N) is 1. The first-order valence-electron chi connectivity index (χ1n) is 7.35. The van der Waals surface area contributed by atoms with E-state index >= 15 is 0 Å². The fraction of sp³-hybridized carbons (Fsp3) is 0.625. The van der Waals surface area contributed by atoms with Gasteiger partial charge in [-0.3, -0.25) is 11.3 Å². The molecule has 0 aliphatic heterocycles. The molecule has 2 rings (SSSR count). The highest BCUT2D eigenvalue weighted by molar-refractivity contribution is 7.99. The Balaban J connectivity index is 1.90. The molecule has 0 amide bonds. The van der Waals surface area contributed by atoms with E-state index in [1.54, 1.807) is 0 Å². The van der Waals surface area contributed by atoms with Crippen LogP contribution in [0.1, 0.15) is 38.2 Å². The van der Waals surface area contributed by atoms with Crippen LogP contribution in [-0.4, -0.2) is 11.8 Å². The molecule has 0 spiro atoms. The Hall–Kier alpha value is -0.510. The number of hydrogen-bond donors (Lipinski definition) is 2. The Morgan fingerprint density at radius 1 is 1.37 bits per heavy atom. The van der Waals surface area contributed by atoms with Crippen LogP contribution in [0.15, 0.2) is 29.2 Å². The van der Waals surface area contributed by atoms with E-state index in [9.17, 15) is 0 Å². The number of hydrogen-bond acceptors (Lipinski definition) is 3. The molecule has 3 N–H and O–H groups in total. The molecule has 19 heavy (non-hydrogen) atoms. The predicted octanol–water partition coefficient (Wildman–Crippen LogP) is 3.75. The van der Waals surface area contributed by atoms with Crippen molar-refractivity contribution in [1.29, 1.82) is 0 Å². The van der Waals surface area contributed by atoms with Crippen molar-refractivity contribution in [1.82, 2.24) is 5.43 Å². The third kappa shape index (κ3) is 4.23. The van der Waals surface area contributed by atoms with Crippen molar-refractivity contribution in [2.75, 3.05) is 5.75 Å². The van der Waals surface area contributed by atoms with Crippen molar-refractivity contribution in [2.45, 2.75) is 50.5 Å². The smallest absolute Gasteiger partial charge is 0.0332 e. The van der Waals surface area contributed by atoms with Gasteiger partial charge in [-0.15, -0.1) is 11.8 Å². The van der Waals surface area contributed by atoms with Gasteiger partial charge in [0.2, 0.25) is 0 Å². The summed E-state index contributed by atoms with van der Waals surface area (Å²) in [4.78, 5) is 1.38. The van der Waals surface area contributed by atoms with E-state index < -0.39 is 0 Å². The van der Waals surface area contributed by atoms with Gasteiger partial charge in [-0.2, -0.15) is 0 Å². The molecular formula is C16H26N2S. The summed E-state index contributed by atoms with van der Waals surface area (Å²) in [5.74, 6) is 8.46. The van der Waals surface area contributed by atoms with E-state index in [-0.39, 0.29) is 0 Å². The minimum Gasteiger partial charge on any atom is -0.271 e. The molecule has 0 saturated heterocycles. The third-order valence-electron chi connectivity index (χ3n) is 4.27. The molecule has 2 nitrogen and oxygen atoms in total. The van der Waals surface area contributed by atoms with Crippen LogP contribution in [0, 0.1) is 18.8 Å². The normalized spacial score (nSPS) is 25.2. The lowest BCUT2D eigenvalue weighted by molar-refractivity contribution is 0.235. The number of rotatable bonds is 5. The highest BCUT2D eigenvalue weighted by Gasteiger charge is 2.26. The van der Waals surface area contributed by atoms with E-state index in [1.165, 1.54) is 36.1 Å². The fourth-order valence-electron chi connectivity index (χ4n) is 3.06. The van der Waals surface area contributed by atoms with Crippen LogP contribution in [0.5, 0.6) is 0 Å². The average molecular weight is 278 g/mol. The topological polar surface area (TPSA) is 38.0 Å². The summed E-state index contributed by atoms with van der Waals surface area (Å²) in [7, 11) is 0. The number of benzene rings is 1. The van der Waals surface area contributed by atoms with Gasteiger partial charge in [0, 0.05) is 16.7 Å². The monoisotopic (exact) mass is 278 g/mol. The Morgan fingerprint density at radius 2 is 2.16 bits per heavy atom. The molecule has 1 aliphatic rings. The number of thioether (sulfide) groups is 1. The second-order valence-electron chi connectivity index (χ2n) is 5.88. The van der Waals surface area contributed by atoms with Crippen LogP contribution in [0.25, 0.3) is 0 Å². The zero-order valence-corrected chi connectivity index (χ0v) is 12.9. The van der Waals surface area contributed by atoms with Crippen molar-refractivity contribution in [3.63, 3.8) is 0 Å². The largest absolute Gasteiger partial charge is 0.271 e. The first kappa shape index (κ1) is 14.9. The maximum absolute atomic E-state index is 5.79. The molecule has 1 saturated carbocycles. The summed E-state index contributed by atoms with van der Waals surface area (Å²) < 4.78 is 0. The van der Waals surface area contributed by atoms with Gasteiger partial charge >= 0.3 is 0 Å². The minimum absolute atomic E-state index is 0.437. The van der Waals surface area contributed by atoms with Gasteiger partial charge in [-0.25, -0.2) is 0 Å². The first-order chi connectivity index (χ1) is 9.20. The Labute approximate surface area is 121 Å². The van der Waals surface area contributed by atoms with E-state index in [0.29, 0.717) is 6.04 Å². The second-order valence-corrected chi connectivity index (χ2v) is 6.94. The van der Waals surface area contributed by atoms with Gasteiger partial charge in [-0.1, -0.05) is 38.0 Å². The number of nitrogens with one attached hydrogen (secondary N) is 1. The van der Waals surface area contributed by atoms with Crippen molar-refractivity contribution in [3.05, 3.63) is 29.8 Å². The van der Waals surface area contributed by atoms with Gasteiger partial charge in [-0.05, 0) is 43.2 Å². The van der Waals surface area contributed by atoms with Gasteiger partial charge in [0.25, 0.3) is 0 Å². The van der Waals surface area contributed by atoms with Gasteiger partial charge < -0.3 is 0 Å². The molecule has 3 heteroatoms. The Morgan fingerprint density at radius 3 is 2.84 bits per heavy atom. The highest BCUT2D eigenvalue weighted by atomic mass is 32.2. The lowest BCUT2D eigenvalue weighted by atomic mass is 9.79. The molecule has 0 bridgehead atoms. The van der Waals surface area contributed by atoms with Crippen LogP contribution in [0.3, 0.4) is 0 Å². The molecule has 0 aromatic heterocycles. The van der Waals surface area contributed by atoms with Crippen LogP contribution >= 0.6 is 11.8 Å². The van der Waals surface area contributed by atoms with Crippen molar-refractivity contribution in [2.24, 2.45) is 17.7 Å². The summed E-state index contributed by atoms with van der Waals surface area (Å²) in [5.41, 5.74) is 4.42. The second kappa shape index (κ2) is 7.32. The SMILES string of the molecule is Cc1ccccc1SCC(NN)C1CCCC(C)C1. The molecule has 1 aliphatic carbocycles.